The van der Waals surface area contributed by atoms with Gasteiger partial charge in [-0.15, -0.1) is 0 Å². The SMILES string of the molecule is COc1ccc(S(=O)(=O)Nc2c(C(=O)Nc3ccccc3)oc3ccccc23)cc1F. The van der Waals surface area contributed by atoms with Crippen molar-refractivity contribution in [1.29, 1.82) is 0 Å². The monoisotopic (exact) mass is 440 g/mol. The Bertz CT molecular complexity index is 1370. The van der Waals surface area contributed by atoms with E-state index in [4.69, 9.17) is 9.15 Å². The number of rotatable bonds is 6. The summed E-state index contributed by atoms with van der Waals surface area (Å²) in [4.78, 5) is 12.5. The normalized spacial score (nSPS) is 11.3. The first-order valence-electron chi connectivity index (χ1n) is 9.13. The number of carbonyl (C=O) groups excluding carboxylic acids is 1. The van der Waals surface area contributed by atoms with Crippen molar-refractivity contribution in [3.05, 3.63) is 84.4 Å². The molecule has 1 aromatic heterocycles. The number of ether oxygens (including phenoxy) is 1. The second-order valence-corrected chi connectivity index (χ2v) is 8.21. The molecule has 7 nitrogen and oxygen atoms in total. The zero-order chi connectivity index (χ0) is 22.0. The summed E-state index contributed by atoms with van der Waals surface area (Å²) in [6.07, 6.45) is 0. The Hall–Kier alpha value is -3.85. The van der Waals surface area contributed by atoms with E-state index >= 15 is 0 Å². The number of para-hydroxylation sites is 2. The molecule has 4 rings (SSSR count). The number of methoxy groups -OCH3 is 1. The fourth-order valence-corrected chi connectivity index (χ4v) is 4.12. The number of nitrogens with one attached hydrogen (secondary N) is 2. The Morgan fingerprint density at radius 1 is 1.00 bits per heavy atom. The molecule has 0 radical (unpaired) electrons. The summed E-state index contributed by atoms with van der Waals surface area (Å²) in [5, 5.41) is 3.05. The second-order valence-electron chi connectivity index (χ2n) is 6.52. The highest BCUT2D eigenvalue weighted by atomic mass is 32.2. The Morgan fingerprint density at radius 2 is 1.71 bits per heavy atom. The van der Waals surface area contributed by atoms with Gasteiger partial charge in [0.05, 0.1) is 12.0 Å². The number of amides is 1. The van der Waals surface area contributed by atoms with Crippen LogP contribution >= 0.6 is 0 Å². The van der Waals surface area contributed by atoms with Gasteiger partial charge in [-0.2, -0.15) is 0 Å². The van der Waals surface area contributed by atoms with Crippen molar-refractivity contribution < 1.29 is 26.8 Å². The summed E-state index contributed by atoms with van der Waals surface area (Å²) in [5.41, 5.74) is 0.790. The number of benzene rings is 3. The number of anilines is 2. The van der Waals surface area contributed by atoms with Crippen LogP contribution in [0.4, 0.5) is 15.8 Å². The minimum Gasteiger partial charge on any atom is -0.494 e. The Morgan fingerprint density at radius 3 is 2.42 bits per heavy atom. The smallest absolute Gasteiger partial charge is 0.293 e. The number of furan rings is 1. The van der Waals surface area contributed by atoms with Gasteiger partial charge in [0.1, 0.15) is 11.3 Å². The molecule has 0 bridgehead atoms. The van der Waals surface area contributed by atoms with Crippen LogP contribution in [0.25, 0.3) is 11.0 Å². The zero-order valence-corrected chi connectivity index (χ0v) is 17.1. The first-order chi connectivity index (χ1) is 14.9. The van der Waals surface area contributed by atoms with Crippen molar-refractivity contribution in [2.45, 2.75) is 4.90 Å². The maximum Gasteiger partial charge on any atom is 0.293 e. The molecule has 0 saturated carbocycles. The van der Waals surface area contributed by atoms with Crippen LogP contribution in [-0.2, 0) is 10.0 Å². The zero-order valence-electron chi connectivity index (χ0n) is 16.3. The first-order valence-corrected chi connectivity index (χ1v) is 10.6. The van der Waals surface area contributed by atoms with Crippen LogP contribution in [0.3, 0.4) is 0 Å². The summed E-state index contributed by atoms with van der Waals surface area (Å²) in [6, 6.07) is 18.5. The Kier molecular flexibility index (Phi) is 5.35. The van der Waals surface area contributed by atoms with E-state index in [-0.39, 0.29) is 22.1 Å². The van der Waals surface area contributed by atoms with Gasteiger partial charge in [-0.05, 0) is 42.5 Å². The third-order valence-electron chi connectivity index (χ3n) is 4.50. The average Bonchev–Trinajstić information content (AvgIpc) is 3.12. The summed E-state index contributed by atoms with van der Waals surface area (Å²) in [5.74, 6) is -1.77. The molecule has 0 aliphatic rings. The number of sulfonamides is 1. The molecule has 0 aliphatic carbocycles. The van der Waals surface area contributed by atoms with Crippen LogP contribution in [0.1, 0.15) is 10.6 Å². The fourth-order valence-electron chi connectivity index (χ4n) is 3.02. The molecule has 9 heteroatoms. The third kappa shape index (κ3) is 4.08. The van der Waals surface area contributed by atoms with Crippen LogP contribution in [0.2, 0.25) is 0 Å². The van der Waals surface area contributed by atoms with Gasteiger partial charge in [0.2, 0.25) is 5.76 Å². The van der Waals surface area contributed by atoms with Crippen molar-refractivity contribution in [1.82, 2.24) is 0 Å². The van der Waals surface area contributed by atoms with E-state index in [9.17, 15) is 17.6 Å². The highest BCUT2D eigenvalue weighted by Gasteiger charge is 2.26. The molecule has 158 valence electrons. The van der Waals surface area contributed by atoms with Gasteiger partial charge < -0.3 is 14.5 Å². The van der Waals surface area contributed by atoms with Gasteiger partial charge >= 0.3 is 0 Å². The molecule has 0 saturated heterocycles. The molecular weight excluding hydrogens is 423 g/mol. The molecule has 0 fully saturated rings. The lowest BCUT2D eigenvalue weighted by atomic mass is 10.2. The van der Waals surface area contributed by atoms with Crippen molar-refractivity contribution in [3.8, 4) is 5.75 Å². The Balaban J connectivity index is 1.75. The van der Waals surface area contributed by atoms with E-state index in [1.54, 1.807) is 54.6 Å². The van der Waals surface area contributed by atoms with Crippen LogP contribution in [0.15, 0.2) is 82.1 Å². The van der Waals surface area contributed by atoms with Gasteiger partial charge in [0.25, 0.3) is 15.9 Å². The number of hydrogen-bond acceptors (Lipinski definition) is 5. The molecule has 4 aromatic rings. The van der Waals surface area contributed by atoms with Gasteiger partial charge in [-0.3, -0.25) is 9.52 Å². The maximum absolute atomic E-state index is 14.1. The second kappa shape index (κ2) is 8.11. The van der Waals surface area contributed by atoms with E-state index in [1.165, 1.54) is 19.2 Å². The van der Waals surface area contributed by atoms with Crippen molar-refractivity contribution in [3.63, 3.8) is 0 Å². The van der Waals surface area contributed by atoms with E-state index in [1.807, 2.05) is 0 Å². The lowest BCUT2D eigenvalue weighted by Crippen LogP contribution is -2.17. The average molecular weight is 440 g/mol. The van der Waals surface area contributed by atoms with Gasteiger partial charge in [-0.1, -0.05) is 30.3 Å². The lowest BCUT2D eigenvalue weighted by molar-refractivity contribution is 0.1000. The minimum absolute atomic E-state index is 0.0414. The molecule has 0 atom stereocenters. The van der Waals surface area contributed by atoms with E-state index in [2.05, 4.69) is 10.0 Å². The number of carbonyl (C=O) groups is 1. The summed E-state index contributed by atoms with van der Waals surface area (Å²) >= 11 is 0. The molecule has 1 amide bonds. The largest absolute Gasteiger partial charge is 0.494 e. The quantitative estimate of drug-likeness (QED) is 0.455. The molecule has 2 N–H and O–H groups in total. The topological polar surface area (TPSA) is 97.6 Å². The standard InChI is InChI=1S/C22H17FN2O5S/c1-29-19-12-11-15(13-17(19)23)31(27,28)25-20-16-9-5-6-10-18(16)30-21(20)22(26)24-14-7-3-2-4-8-14/h2-13,25H,1H3,(H,24,26). The summed E-state index contributed by atoms with van der Waals surface area (Å²) < 4.78 is 52.8. The maximum atomic E-state index is 14.1. The van der Waals surface area contributed by atoms with Crippen molar-refractivity contribution >= 4 is 38.3 Å². The van der Waals surface area contributed by atoms with Crippen molar-refractivity contribution in [2.24, 2.45) is 0 Å². The van der Waals surface area contributed by atoms with Crippen LogP contribution in [0.5, 0.6) is 5.75 Å². The summed E-state index contributed by atoms with van der Waals surface area (Å²) in [7, 11) is -2.96. The predicted molar refractivity (Wildman–Crippen MR) is 114 cm³/mol. The number of halogens is 1. The van der Waals surface area contributed by atoms with E-state index < -0.39 is 21.7 Å². The van der Waals surface area contributed by atoms with Gasteiger partial charge in [-0.25, -0.2) is 12.8 Å². The number of fused-ring (bicyclic) bond motifs is 1. The fraction of sp³-hybridized carbons (Fsp3) is 0.0455. The number of hydrogen-bond donors (Lipinski definition) is 2. The van der Waals surface area contributed by atoms with E-state index in [0.717, 1.165) is 6.07 Å². The van der Waals surface area contributed by atoms with Crippen LogP contribution in [-0.4, -0.2) is 21.4 Å². The molecule has 3 aromatic carbocycles. The summed E-state index contributed by atoms with van der Waals surface area (Å²) in [6.45, 7) is 0. The molecule has 31 heavy (non-hydrogen) atoms. The first kappa shape index (κ1) is 20.4. The minimum atomic E-state index is -4.24. The van der Waals surface area contributed by atoms with E-state index in [0.29, 0.717) is 16.7 Å². The molecule has 0 spiro atoms. The van der Waals surface area contributed by atoms with Crippen LogP contribution in [0, 0.1) is 5.82 Å². The third-order valence-corrected chi connectivity index (χ3v) is 5.85. The van der Waals surface area contributed by atoms with Gasteiger partial charge in [0, 0.05) is 11.1 Å². The van der Waals surface area contributed by atoms with Crippen molar-refractivity contribution in [2.75, 3.05) is 17.1 Å². The predicted octanol–water partition coefficient (Wildman–Crippen LogP) is 4.63. The highest BCUT2D eigenvalue weighted by Crippen LogP contribution is 2.33. The molecular formula is C22H17FN2O5S. The highest BCUT2D eigenvalue weighted by molar-refractivity contribution is 7.92. The van der Waals surface area contributed by atoms with Gasteiger partial charge in [0.15, 0.2) is 11.6 Å². The molecule has 0 aliphatic heterocycles. The molecule has 0 unspecified atom stereocenters. The van der Waals surface area contributed by atoms with Crippen LogP contribution < -0.4 is 14.8 Å². The lowest BCUT2D eigenvalue weighted by Gasteiger charge is -2.10. The molecule has 1 heterocycles. The Labute approximate surface area is 177 Å².